The van der Waals surface area contributed by atoms with Gasteiger partial charge in [0.05, 0.1) is 0 Å². The Labute approximate surface area is 253 Å². The Hall–Kier alpha value is -2.41. The van der Waals surface area contributed by atoms with Crippen molar-refractivity contribution in [1.29, 1.82) is 0 Å². The first kappa shape index (κ1) is 41.7. The molecule has 3 rings (SSSR count). The van der Waals surface area contributed by atoms with Gasteiger partial charge in [0.2, 0.25) is 0 Å². The Bertz CT molecular complexity index is 849. The Morgan fingerprint density at radius 1 is 0.459 bits per heavy atom. The summed E-state index contributed by atoms with van der Waals surface area (Å²) in [5.74, 6) is -4.33. The number of hydrogen-bond donors (Lipinski definition) is 0. The fourth-order valence-corrected chi connectivity index (χ4v) is 4.48. The van der Waals surface area contributed by atoms with Crippen molar-refractivity contribution in [3.8, 4) is 0 Å². The molecule has 0 aliphatic rings. The van der Waals surface area contributed by atoms with Crippen LogP contribution in [0.2, 0.25) is 0 Å². The molecule has 0 saturated heterocycles. The SMILES string of the molecule is CC(=O)[O-].CC(=O)[O-].CC(=O)[O-].CC(=O)[O-].[Na+].[Rh+3].c1ccc(P(c2ccccc2)c2ccccc2)cc1. The van der Waals surface area contributed by atoms with Gasteiger partial charge in [0.15, 0.2) is 0 Å². The Morgan fingerprint density at radius 3 is 0.730 bits per heavy atom. The summed E-state index contributed by atoms with van der Waals surface area (Å²) in [5.41, 5.74) is 0. The molecule has 8 nitrogen and oxygen atoms in total. The van der Waals surface area contributed by atoms with Crippen molar-refractivity contribution in [2.45, 2.75) is 27.7 Å². The molecule has 0 aliphatic heterocycles. The van der Waals surface area contributed by atoms with Gasteiger partial charge < -0.3 is 39.6 Å². The van der Waals surface area contributed by atoms with Gasteiger partial charge in [0, 0.05) is 23.9 Å². The molecular formula is C26H27NaO8PRh. The number of aliphatic carboxylic acids is 4. The maximum absolute atomic E-state index is 8.89. The van der Waals surface area contributed by atoms with E-state index >= 15 is 0 Å². The summed E-state index contributed by atoms with van der Waals surface area (Å²) in [6.45, 7) is 3.89. The second-order valence-electron chi connectivity index (χ2n) is 6.31. The van der Waals surface area contributed by atoms with Gasteiger partial charge in [-0.15, -0.1) is 0 Å². The largest absolute Gasteiger partial charge is 3.00 e. The average Bonchev–Trinajstić information content (AvgIpc) is 2.75. The van der Waals surface area contributed by atoms with Crippen molar-refractivity contribution >= 4 is 47.7 Å². The second kappa shape index (κ2) is 26.7. The van der Waals surface area contributed by atoms with E-state index in [1.54, 1.807) is 0 Å². The van der Waals surface area contributed by atoms with Crippen molar-refractivity contribution in [2.24, 2.45) is 0 Å². The predicted octanol–water partition coefficient (Wildman–Crippen LogP) is -4.53. The third-order valence-electron chi connectivity index (χ3n) is 3.04. The van der Waals surface area contributed by atoms with Gasteiger partial charge >= 0.3 is 49.0 Å². The molecule has 37 heavy (non-hydrogen) atoms. The van der Waals surface area contributed by atoms with Crippen molar-refractivity contribution in [3.05, 3.63) is 91.0 Å². The molecule has 0 amide bonds. The zero-order chi connectivity index (χ0) is 27.2. The molecule has 0 heterocycles. The normalized spacial score (nSPS) is 8.14. The maximum atomic E-state index is 8.89. The summed E-state index contributed by atoms with van der Waals surface area (Å²) in [5, 5.41) is 39.7. The minimum atomic E-state index is -1.08. The molecule has 0 unspecified atom stereocenters. The first-order chi connectivity index (χ1) is 16.4. The fraction of sp³-hybridized carbons (Fsp3) is 0.154. The van der Waals surface area contributed by atoms with Gasteiger partial charge in [-0.25, -0.2) is 0 Å². The van der Waals surface area contributed by atoms with Gasteiger partial charge in [-0.3, -0.25) is 0 Å². The summed E-state index contributed by atoms with van der Waals surface area (Å²) < 4.78 is 0. The molecule has 0 bridgehead atoms. The van der Waals surface area contributed by atoms with E-state index in [1.807, 2.05) is 0 Å². The summed E-state index contributed by atoms with van der Waals surface area (Å²) in [7, 11) is -0.446. The summed E-state index contributed by atoms with van der Waals surface area (Å²) in [6, 6.07) is 32.3. The zero-order valence-electron chi connectivity index (χ0n) is 21.2. The molecule has 0 N–H and O–H groups in total. The first-order valence-corrected chi connectivity index (χ1v) is 11.4. The third kappa shape index (κ3) is 29.7. The van der Waals surface area contributed by atoms with Crippen LogP contribution in [0.3, 0.4) is 0 Å². The number of benzene rings is 3. The molecule has 3 aromatic rings. The molecular weight excluding hydrogens is 597 g/mol. The molecule has 0 saturated carbocycles. The molecule has 0 atom stereocenters. The van der Waals surface area contributed by atoms with E-state index in [-0.39, 0.29) is 49.0 Å². The quantitative estimate of drug-likeness (QED) is 0.208. The molecule has 3 aromatic carbocycles. The van der Waals surface area contributed by atoms with Gasteiger partial charge in [0.1, 0.15) is 0 Å². The van der Waals surface area contributed by atoms with E-state index in [0.717, 1.165) is 27.7 Å². The molecule has 0 fully saturated rings. The van der Waals surface area contributed by atoms with Crippen LogP contribution in [0.5, 0.6) is 0 Å². The predicted molar refractivity (Wildman–Crippen MR) is 128 cm³/mol. The van der Waals surface area contributed by atoms with E-state index in [0.29, 0.717) is 0 Å². The van der Waals surface area contributed by atoms with Gasteiger partial charge in [-0.1, -0.05) is 91.0 Å². The van der Waals surface area contributed by atoms with Crippen LogP contribution in [0, 0.1) is 0 Å². The Kier molecular flexibility index (Phi) is 30.0. The minimum Gasteiger partial charge on any atom is -0.550 e. The van der Waals surface area contributed by atoms with Crippen molar-refractivity contribution < 1.29 is 88.6 Å². The van der Waals surface area contributed by atoms with E-state index in [1.165, 1.54) is 15.9 Å². The number of carboxylic acids is 4. The van der Waals surface area contributed by atoms with E-state index < -0.39 is 31.8 Å². The van der Waals surface area contributed by atoms with E-state index in [9.17, 15) is 0 Å². The number of rotatable bonds is 3. The fourth-order valence-electron chi connectivity index (χ4n) is 2.18. The van der Waals surface area contributed by atoms with E-state index in [4.69, 9.17) is 39.6 Å². The minimum absolute atomic E-state index is 0. The van der Waals surface area contributed by atoms with Crippen molar-refractivity contribution in [1.82, 2.24) is 0 Å². The monoisotopic (exact) mass is 624 g/mol. The topological polar surface area (TPSA) is 161 Å². The molecule has 0 spiro atoms. The molecule has 0 aromatic heterocycles. The van der Waals surface area contributed by atoms with Crippen LogP contribution in [-0.4, -0.2) is 23.9 Å². The molecule has 11 heteroatoms. The van der Waals surface area contributed by atoms with Gasteiger partial charge in [0.25, 0.3) is 0 Å². The van der Waals surface area contributed by atoms with Crippen LogP contribution < -0.4 is 65.9 Å². The Balaban J connectivity index is -0.000000252. The van der Waals surface area contributed by atoms with Crippen LogP contribution >= 0.6 is 7.92 Å². The van der Waals surface area contributed by atoms with Crippen LogP contribution in [0.25, 0.3) is 0 Å². The molecule has 0 aliphatic carbocycles. The first-order valence-electron chi connectivity index (χ1n) is 10.0. The summed E-state index contributed by atoms with van der Waals surface area (Å²) in [4.78, 5) is 35.6. The molecule has 194 valence electrons. The van der Waals surface area contributed by atoms with Crippen molar-refractivity contribution in [2.75, 3.05) is 0 Å². The number of hydrogen-bond acceptors (Lipinski definition) is 8. The van der Waals surface area contributed by atoms with Crippen LogP contribution in [0.1, 0.15) is 27.7 Å². The zero-order valence-corrected chi connectivity index (χ0v) is 25.7. The standard InChI is InChI=1S/C18H15P.4C2H4O2.Na.Rh/c1-4-10-16(11-5-1)19(17-12-6-2-7-13-17)18-14-8-3-9-15-18;4*1-2(3)4;;/h1-15H;4*1H3,(H,3,4);;/q;;;;;+1;+3/p-4. The van der Waals surface area contributed by atoms with Crippen LogP contribution in [0.15, 0.2) is 91.0 Å². The maximum Gasteiger partial charge on any atom is 3.00 e. The number of carbonyl (C=O) groups is 4. The molecule has 0 radical (unpaired) electrons. The second-order valence-corrected chi connectivity index (χ2v) is 8.53. The Morgan fingerprint density at radius 2 is 0.595 bits per heavy atom. The van der Waals surface area contributed by atoms with Crippen LogP contribution in [0.4, 0.5) is 0 Å². The summed E-state index contributed by atoms with van der Waals surface area (Å²) in [6.07, 6.45) is 0. The van der Waals surface area contributed by atoms with Gasteiger partial charge in [-0.05, 0) is 51.5 Å². The van der Waals surface area contributed by atoms with Crippen LogP contribution in [-0.2, 0) is 38.7 Å². The number of carbonyl (C=O) groups excluding carboxylic acids is 4. The third-order valence-corrected chi connectivity index (χ3v) is 5.49. The number of carboxylic acid groups (broad SMARTS) is 4. The summed E-state index contributed by atoms with van der Waals surface area (Å²) >= 11 is 0. The van der Waals surface area contributed by atoms with Gasteiger partial charge in [-0.2, -0.15) is 0 Å². The van der Waals surface area contributed by atoms with E-state index in [2.05, 4.69) is 91.0 Å². The average molecular weight is 624 g/mol. The smallest absolute Gasteiger partial charge is 0.550 e. The van der Waals surface area contributed by atoms with Crippen molar-refractivity contribution in [3.63, 3.8) is 0 Å².